The van der Waals surface area contributed by atoms with Gasteiger partial charge in [0.1, 0.15) is 11.9 Å². The van der Waals surface area contributed by atoms with Crippen LogP contribution in [0.4, 0.5) is 0 Å². The lowest BCUT2D eigenvalue weighted by Crippen LogP contribution is -2.44. The number of rotatable bonds is 1. The van der Waals surface area contributed by atoms with Crippen molar-refractivity contribution < 1.29 is 4.79 Å². The van der Waals surface area contributed by atoms with Crippen LogP contribution in [0.5, 0.6) is 0 Å². The summed E-state index contributed by atoms with van der Waals surface area (Å²) >= 11 is 0. The highest BCUT2D eigenvalue weighted by atomic mass is 16.2. The Balaban J connectivity index is 1.82. The van der Waals surface area contributed by atoms with Crippen LogP contribution in [0.15, 0.2) is 29.0 Å². The van der Waals surface area contributed by atoms with Gasteiger partial charge < -0.3 is 10.2 Å². The van der Waals surface area contributed by atoms with Crippen molar-refractivity contribution in [2.45, 2.75) is 13.0 Å². The highest BCUT2D eigenvalue weighted by Gasteiger charge is 2.31. The molecule has 3 rings (SSSR count). The lowest BCUT2D eigenvalue weighted by molar-refractivity contribution is -0.125. The van der Waals surface area contributed by atoms with Gasteiger partial charge in [0, 0.05) is 32.4 Å². The van der Waals surface area contributed by atoms with Crippen molar-refractivity contribution in [1.82, 2.24) is 15.1 Å². The molecule has 1 unspecified atom stereocenters. The molecule has 17 heavy (non-hydrogen) atoms. The second-order valence-corrected chi connectivity index (χ2v) is 4.50. The Hall–Kier alpha value is -1.62. The van der Waals surface area contributed by atoms with Crippen LogP contribution < -0.4 is 5.32 Å². The molecule has 5 heteroatoms. The number of nitrogens with one attached hydrogen (secondary N) is 1. The fourth-order valence-corrected chi connectivity index (χ4v) is 2.33. The van der Waals surface area contributed by atoms with Gasteiger partial charge in [-0.25, -0.2) is 0 Å². The summed E-state index contributed by atoms with van der Waals surface area (Å²) in [6, 6.07) is -0.242. The molecular weight excluding hydrogens is 216 g/mol. The van der Waals surface area contributed by atoms with E-state index in [-0.39, 0.29) is 11.9 Å². The Morgan fingerprint density at radius 1 is 1.35 bits per heavy atom. The zero-order valence-electron chi connectivity index (χ0n) is 9.89. The van der Waals surface area contributed by atoms with Crippen LogP contribution in [0.3, 0.4) is 0 Å². The molecular formula is C12H16N4O. The molecule has 3 aliphatic heterocycles. The number of allylic oxidation sites excluding steroid dienone is 1. The van der Waals surface area contributed by atoms with Crippen molar-refractivity contribution in [1.29, 1.82) is 0 Å². The molecule has 0 saturated carbocycles. The molecule has 3 aliphatic rings. The van der Waals surface area contributed by atoms with E-state index >= 15 is 0 Å². The monoisotopic (exact) mass is 232 g/mol. The van der Waals surface area contributed by atoms with Crippen LogP contribution in [-0.2, 0) is 4.79 Å². The van der Waals surface area contributed by atoms with Gasteiger partial charge >= 0.3 is 0 Å². The Labute approximate surface area is 100 Å². The Kier molecular flexibility index (Phi) is 2.48. The van der Waals surface area contributed by atoms with Crippen LogP contribution in [0.2, 0.25) is 0 Å². The first-order chi connectivity index (χ1) is 8.25. The fraction of sp³-hybridized carbons (Fsp3) is 0.500. The smallest absolute Gasteiger partial charge is 0.256 e. The zero-order valence-corrected chi connectivity index (χ0v) is 9.89. The van der Waals surface area contributed by atoms with Gasteiger partial charge in [-0.2, -0.15) is 0 Å². The minimum absolute atomic E-state index is 0.0667. The van der Waals surface area contributed by atoms with Crippen LogP contribution in [0.1, 0.15) is 6.92 Å². The molecule has 0 aromatic rings. The number of carbonyl (C=O) groups is 1. The Bertz CT molecular complexity index is 432. The second-order valence-electron chi connectivity index (χ2n) is 4.50. The van der Waals surface area contributed by atoms with E-state index in [1.165, 1.54) is 0 Å². The predicted molar refractivity (Wildman–Crippen MR) is 65.4 cm³/mol. The third kappa shape index (κ3) is 1.76. The highest BCUT2D eigenvalue weighted by molar-refractivity contribution is 6.12. The van der Waals surface area contributed by atoms with E-state index < -0.39 is 0 Å². The lowest BCUT2D eigenvalue weighted by atomic mass is 10.2. The number of amidine groups is 1. The minimum Gasteiger partial charge on any atom is -0.368 e. The van der Waals surface area contributed by atoms with E-state index in [2.05, 4.69) is 15.2 Å². The molecule has 1 atom stereocenters. The maximum Gasteiger partial charge on any atom is 0.256 e. The van der Waals surface area contributed by atoms with Crippen molar-refractivity contribution in [2.75, 3.05) is 26.2 Å². The molecule has 0 bridgehead atoms. The van der Waals surface area contributed by atoms with Gasteiger partial charge in [0.2, 0.25) is 0 Å². The quantitative estimate of drug-likeness (QED) is 0.688. The molecule has 0 aliphatic carbocycles. The average molecular weight is 232 g/mol. The largest absolute Gasteiger partial charge is 0.368 e. The molecule has 0 aromatic heterocycles. The number of piperazine rings is 1. The molecule has 0 aromatic carbocycles. The van der Waals surface area contributed by atoms with Gasteiger partial charge in [0.25, 0.3) is 5.91 Å². The van der Waals surface area contributed by atoms with E-state index in [4.69, 9.17) is 0 Å². The molecule has 1 N–H and O–H groups in total. The van der Waals surface area contributed by atoms with Crippen LogP contribution in [0, 0.1) is 0 Å². The van der Waals surface area contributed by atoms with Gasteiger partial charge in [-0.05, 0) is 19.1 Å². The number of aliphatic imine (C=N–C) groups is 1. The van der Waals surface area contributed by atoms with Gasteiger partial charge in [-0.1, -0.05) is 0 Å². The van der Waals surface area contributed by atoms with Gasteiger partial charge in [0.05, 0.1) is 5.70 Å². The SMILES string of the molecule is CC1N=C2C=CC(N3CCNCC3)=CN2C1=O. The number of carbonyl (C=O) groups excluding carboxylic acids is 1. The summed E-state index contributed by atoms with van der Waals surface area (Å²) < 4.78 is 0. The standard InChI is InChI=1S/C12H16N4O/c1-9-12(17)16-8-10(2-3-11(16)14-9)15-6-4-13-5-7-15/h2-3,8-9,13H,4-7H2,1H3. The summed E-state index contributed by atoms with van der Waals surface area (Å²) in [6.45, 7) is 5.80. The normalized spacial score (nSPS) is 28.1. The highest BCUT2D eigenvalue weighted by Crippen LogP contribution is 2.20. The van der Waals surface area contributed by atoms with Crippen LogP contribution in [-0.4, -0.2) is 53.8 Å². The minimum atomic E-state index is -0.242. The molecule has 0 radical (unpaired) electrons. The molecule has 0 spiro atoms. The number of hydrogen-bond acceptors (Lipinski definition) is 4. The van der Waals surface area contributed by atoms with E-state index in [1.807, 2.05) is 25.3 Å². The number of fused-ring (bicyclic) bond motifs is 1. The fourth-order valence-electron chi connectivity index (χ4n) is 2.33. The summed E-state index contributed by atoms with van der Waals surface area (Å²) in [7, 11) is 0. The third-order valence-corrected chi connectivity index (χ3v) is 3.31. The summed E-state index contributed by atoms with van der Waals surface area (Å²) in [5.41, 5.74) is 1.10. The summed E-state index contributed by atoms with van der Waals surface area (Å²) in [6.07, 6.45) is 5.89. The molecule has 1 fully saturated rings. The number of hydrogen-bond donors (Lipinski definition) is 1. The van der Waals surface area contributed by atoms with Crippen molar-refractivity contribution in [3.8, 4) is 0 Å². The number of amides is 1. The molecule has 1 saturated heterocycles. The van der Waals surface area contributed by atoms with E-state index in [0.717, 1.165) is 37.7 Å². The van der Waals surface area contributed by atoms with E-state index in [1.54, 1.807) is 4.90 Å². The van der Waals surface area contributed by atoms with Crippen molar-refractivity contribution in [3.63, 3.8) is 0 Å². The zero-order chi connectivity index (χ0) is 11.8. The first-order valence-electron chi connectivity index (χ1n) is 6.02. The second kappa shape index (κ2) is 4.00. The van der Waals surface area contributed by atoms with Crippen molar-refractivity contribution in [3.05, 3.63) is 24.0 Å². The maximum absolute atomic E-state index is 11.9. The topological polar surface area (TPSA) is 47.9 Å². The predicted octanol–water partition coefficient (Wildman–Crippen LogP) is -0.0680. The van der Waals surface area contributed by atoms with E-state index in [9.17, 15) is 4.79 Å². The summed E-state index contributed by atoms with van der Waals surface area (Å²) in [4.78, 5) is 20.1. The first kappa shape index (κ1) is 10.5. The molecule has 5 nitrogen and oxygen atoms in total. The number of nitrogens with zero attached hydrogens (tertiary/aromatic N) is 3. The van der Waals surface area contributed by atoms with Crippen molar-refractivity contribution >= 4 is 11.7 Å². The van der Waals surface area contributed by atoms with Gasteiger partial charge in [-0.3, -0.25) is 14.7 Å². The molecule has 90 valence electrons. The third-order valence-electron chi connectivity index (χ3n) is 3.31. The van der Waals surface area contributed by atoms with Crippen LogP contribution >= 0.6 is 0 Å². The van der Waals surface area contributed by atoms with Crippen molar-refractivity contribution in [2.24, 2.45) is 4.99 Å². The van der Waals surface area contributed by atoms with Crippen LogP contribution in [0.25, 0.3) is 0 Å². The molecule has 3 heterocycles. The molecule has 1 amide bonds. The Morgan fingerprint density at radius 3 is 2.88 bits per heavy atom. The summed E-state index contributed by atoms with van der Waals surface area (Å²) in [5, 5.41) is 3.32. The maximum atomic E-state index is 11.9. The van der Waals surface area contributed by atoms with Gasteiger partial charge in [0.15, 0.2) is 0 Å². The summed E-state index contributed by atoms with van der Waals surface area (Å²) in [5.74, 6) is 0.832. The average Bonchev–Trinajstić information content (AvgIpc) is 2.66. The first-order valence-corrected chi connectivity index (χ1v) is 6.02. The van der Waals surface area contributed by atoms with E-state index in [0.29, 0.717) is 0 Å². The Morgan fingerprint density at radius 2 is 2.12 bits per heavy atom. The van der Waals surface area contributed by atoms with Gasteiger partial charge in [-0.15, -0.1) is 0 Å². The lowest BCUT2D eigenvalue weighted by Gasteiger charge is -2.32.